The Morgan fingerprint density at radius 3 is 0.848 bits per heavy atom. The molecule has 4 aromatic carbocycles. The largest absolute Gasteiger partial charge is 0.134 e. The first kappa shape index (κ1) is 23.3. The summed E-state index contributed by atoms with van der Waals surface area (Å²) in [6.07, 6.45) is 0. The molecule has 0 aliphatic carbocycles. The van der Waals surface area contributed by atoms with Crippen molar-refractivity contribution in [2.24, 2.45) is 0 Å². The first-order chi connectivity index (χ1) is 16.0. The fraction of sp³-hybridized carbons (Fsp3) is 0. The molecule has 1 aromatic heterocycles. The van der Waals surface area contributed by atoms with Crippen molar-refractivity contribution in [2.45, 2.75) is 0 Å². The van der Waals surface area contributed by atoms with E-state index in [-0.39, 0.29) is 0 Å². The van der Waals surface area contributed by atoms with Gasteiger partial charge in [-0.15, -0.1) is 11.3 Å². The molecule has 162 valence electrons. The number of hydrogen-bond donors (Lipinski definition) is 0. The third kappa shape index (κ3) is 4.98. The van der Waals surface area contributed by atoms with E-state index in [1.165, 1.54) is 43.1 Å². The zero-order valence-corrected chi connectivity index (χ0v) is 24.3. The van der Waals surface area contributed by atoms with Crippen LogP contribution in [0.3, 0.4) is 0 Å². The minimum atomic E-state index is 1.07. The summed E-state index contributed by atoms with van der Waals surface area (Å²) in [5.41, 5.74) is 7.35. The maximum absolute atomic E-state index is 3.60. The number of thiophene rings is 1. The Morgan fingerprint density at radius 2 is 0.576 bits per heavy atom. The summed E-state index contributed by atoms with van der Waals surface area (Å²) in [6, 6.07) is 34.4. The Labute approximate surface area is 231 Å². The second-order valence-corrected chi connectivity index (χ2v) is 12.2. The molecule has 0 fully saturated rings. The highest BCUT2D eigenvalue weighted by Crippen LogP contribution is 2.52. The van der Waals surface area contributed by atoms with Crippen molar-refractivity contribution in [1.82, 2.24) is 0 Å². The van der Waals surface area contributed by atoms with E-state index in [0.717, 1.165) is 17.9 Å². The van der Waals surface area contributed by atoms with Crippen molar-refractivity contribution < 1.29 is 0 Å². The molecule has 0 spiro atoms. The topological polar surface area (TPSA) is 0 Å². The van der Waals surface area contributed by atoms with Crippen molar-refractivity contribution in [3.63, 3.8) is 0 Å². The zero-order chi connectivity index (χ0) is 22.9. The smallest absolute Gasteiger partial charge is 0.0434 e. The Kier molecular flexibility index (Phi) is 7.05. The Morgan fingerprint density at radius 1 is 0.333 bits per heavy atom. The number of benzene rings is 4. The van der Waals surface area contributed by atoms with E-state index in [2.05, 4.69) is 161 Å². The lowest BCUT2D eigenvalue weighted by Gasteiger charge is -2.11. The van der Waals surface area contributed by atoms with Crippen LogP contribution in [0.25, 0.3) is 43.1 Å². The normalized spacial score (nSPS) is 11.0. The van der Waals surface area contributed by atoms with Crippen LogP contribution in [0.4, 0.5) is 0 Å². The highest BCUT2D eigenvalue weighted by Gasteiger charge is 2.23. The van der Waals surface area contributed by atoms with Gasteiger partial charge in [-0.1, -0.05) is 112 Å². The summed E-state index contributed by atoms with van der Waals surface area (Å²) in [5, 5.41) is 0. The van der Waals surface area contributed by atoms with E-state index in [0.29, 0.717) is 0 Å². The lowest BCUT2D eigenvalue weighted by Crippen LogP contribution is -1.86. The van der Waals surface area contributed by atoms with E-state index < -0.39 is 0 Å². The van der Waals surface area contributed by atoms with Gasteiger partial charge in [0.25, 0.3) is 0 Å². The van der Waals surface area contributed by atoms with Crippen molar-refractivity contribution >= 4 is 75.1 Å². The predicted molar refractivity (Wildman–Crippen MR) is 157 cm³/mol. The van der Waals surface area contributed by atoms with Gasteiger partial charge < -0.3 is 0 Å². The van der Waals surface area contributed by atoms with Gasteiger partial charge in [-0.05, 0) is 70.8 Å². The van der Waals surface area contributed by atoms with Crippen LogP contribution in [-0.2, 0) is 0 Å². The number of halogens is 4. The first-order valence-corrected chi connectivity index (χ1v) is 14.2. The van der Waals surface area contributed by atoms with Gasteiger partial charge in [0.1, 0.15) is 0 Å². The minimum absolute atomic E-state index is 1.07. The van der Waals surface area contributed by atoms with Crippen molar-refractivity contribution in [3.05, 3.63) is 115 Å². The molecule has 1 heterocycles. The second kappa shape index (κ2) is 10.0. The van der Waals surface area contributed by atoms with E-state index in [1.807, 2.05) is 11.3 Å². The van der Waals surface area contributed by atoms with Gasteiger partial charge in [-0.2, -0.15) is 0 Å². The molecule has 5 aromatic rings. The molecule has 0 aliphatic heterocycles. The number of hydrogen-bond acceptors (Lipinski definition) is 1. The summed E-state index contributed by atoms with van der Waals surface area (Å²) in [7, 11) is 0. The summed E-state index contributed by atoms with van der Waals surface area (Å²) >= 11 is 16.2. The quantitative estimate of drug-likeness (QED) is 0.175. The highest BCUT2D eigenvalue weighted by atomic mass is 79.9. The van der Waals surface area contributed by atoms with Crippen LogP contribution in [0.15, 0.2) is 115 Å². The minimum Gasteiger partial charge on any atom is -0.134 e. The van der Waals surface area contributed by atoms with Gasteiger partial charge in [0.2, 0.25) is 0 Å². The van der Waals surface area contributed by atoms with Crippen molar-refractivity contribution in [1.29, 1.82) is 0 Å². The molecular weight excluding hydrogens is 688 g/mol. The number of rotatable bonds is 4. The van der Waals surface area contributed by atoms with Crippen LogP contribution >= 0.6 is 75.1 Å². The molecule has 0 unspecified atom stereocenters. The Bertz CT molecular complexity index is 1290. The molecule has 0 N–H and O–H groups in total. The maximum Gasteiger partial charge on any atom is 0.0434 e. The van der Waals surface area contributed by atoms with Gasteiger partial charge in [-0.25, -0.2) is 0 Å². The molecule has 5 rings (SSSR count). The monoisotopic (exact) mass is 700 g/mol. The van der Waals surface area contributed by atoms with E-state index >= 15 is 0 Å². The maximum atomic E-state index is 3.60. The molecular formula is C28H16Br4S. The van der Waals surface area contributed by atoms with Crippen LogP contribution in [0, 0.1) is 0 Å². The third-order valence-electron chi connectivity index (χ3n) is 5.39. The molecule has 0 saturated heterocycles. The second-order valence-electron chi connectivity index (χ2n) is 7.54. The fourth-order valence-corrected chi connectivity index (χ4v) is 6.24. The summed E-state index contributed by atoms with van der Waals surface area (Å²) in [4.78, 5) is 2.53. The van der Waals surface area contributed by atoms with Crippen molar-refractivity contribution in [2.75, 3.05) is 0 Å². The molecule has 0 nitrogen and oxygen atoms in total. The van der Waals surface area contributed by atoms with Crippen LogP contribution in [0.5, 0.6) is 0 Å². The molecule has 0 radical (unpaired) electrons. The standard InChI is InChI=1S/C28H16Br4S/c29-21-9-1-17(2-10-21)25-26(18-3-11-22(30)12-4-18)28(20-7-15-24(32)16-8-20)33-27(25)19-5-13-23(31)14-6-19/h1-16H. The van der Waals surface area contributed by atoms with Crippen LogP contribution in [0.2, 0.25) is 0 Å². The van der Waals surface area contributed by atoms with Gasteiger partial charge in [-0.3, -0.25) is 0 Å². The van der Waals surface area contributed by atoms with Gasteiger partial charge in [0.05, 0.1) is 0 Å². The summed E-state index contributed by atoms with van der Waals surface area (Å²) in [6.45, 7) is 0. The Balaban J connectivity index is 1.86. The molecule has 33 heavy (non-hydrogen) atoms. The average molecular weight is 704 g/mol. The van der Waals surface area contributed by atoms with E-state index in [4.69, 9.17) is 0 Å². The Hall–Kier alpha value is -1.50. The molecule has 0 aliphatic rings. The van der Waals surface area contributed by atoms with Crippen molar-refractivity contribution in [3.8, 4) is 43.1 Å². The van der Waals surface area contributed by atoms with Crippen LogP contribution < -0.4 is 0 Å². The highest BCUT2D eigenvalue weighted by molar-refractivity contribution is 9.11. The summed E-state index contributed by atoms with van der Waals surface area (Å²) < 4.78 is 4.30. The molecule has 0 amide bonds. The van der Waals surface area contributed by atoms with Gasteiger partial charge in [0.15, 0.2) is 0 Å². The molecule has 5 heteroatoms. The fourth-order valence-electron chi connectivity index (χ4n) is 3.82. The summed E-state index contributed by atoms with van der Waals surface area (Å²) in [5.74, 6) is 0. The van der Waals surface area contributed by atoms with Crippen LogP contribution in [0.1, 0.15) is 0 Å². The molecule has 0 bridgehead atoms. The lowest BCUT2D eigenvalue weighted by molar-refractivity contribution is 1.58. The zero-order valence-electron chi connectivity index (χ0n) is 17.2. The lowest BCUT2D eigenvalue weighted by atomic mass is 9.91. The first-order valence-electron chi connectivity index (χ1n) is 10.2. The van der Waals surface area contributed by atoms with Crippen LogP contribution in [-0.4, -0.2) is 0 Å². The third-order valence-corrected chi connectivity index (χ3v) is 8.79. The molecule has 0 atom stereocenters. The van der Waals surface area contributed by atoms with Gasteiger partial charge in [0, 0.05) is 38.8 Å². The SMILES string of the molecule is Brc1ccc(-c2sc(-c3ccc(Br)cc3)c(-c3ccc(Br)cc3)c2-c2ccc(Br)cc2)cc1. The van der Waals surface area contributed by atoms with E-state index in [1.54, 1.807) is 0 Å². The van der Waals surface area contributed by atoms with E-state index in [9.17, 15) is 0 Å². The average Bonchev–Trinajstić information content (AvgIpc) is 3.21. The predicted octanol–water partition coefficient (Wildman–Crippen LogP) is 11.5. The van der Waals surface area contributed by atoms with Gasteiger partial charge >= 0.3 is 0 Å². The molecule has 0 saturated carbocycles.